The van der Waals surface area contributed by atoms with E-state index in [-0.39, 0.29) is 23.8 Å². The van der Waals surface area contributed by atoms with Crippen LogP contribution in [-0.4, -0.2) is 12.5 Å². The molecule has 0 saturated carbocycles. The number of nitrogens with one attached hydrogen (secondary N) is 1. The number of terminal acetylenes is 1. The average Bonchev–Trinajstić information content (AvgIpc) is 2.84. The van der Waals surface area contributed by atoms with Gasteiger partial charge in [-0.15, -0.1) is 6.42 Å². The SMILES string of the molecule is C#CCOc1ccc(F)cc1NC(=O)c1occc1Br. The maximum atomic E-state index is 13.3. The van der Waals surface area contributed by atoms with Crippen LogP contribution in [0.2, 0.25) is 0 Å². The highest BCUT2D eigenvalue weighted by atomic mass is 79.9. The highest BCUT2D eigenvalue weighted by molar-refractivity contribution is 9.10. The van der Waals surface area contributed by atoms with Crippen LogP contribution in [0.15, 0.2) is 39.4 Å². The summed E-state index contributed by atoms with van der Waals surface area (Å²) >= 11 is 3.17. The van der Waals surface area contributed by atoms with Gasteiger partial charge in [-0.2, -0.15) is 0 Å². The maximum absolute atomic E-state index is 13.3. The summed E-state index contributed by atoms with van der Waals surface area (Å²) in [4.78, 5) is 12.0. The molecule has 1 aromatic carbocycles. The Balaban J connectivity index is 2.24. The minimum absolute atomic E-state index is 0.0128. The topological polar surface area (TPSA) is 51.5 Å². The Bertz CT molecular complexity index is 675. The van der Waals surface area contributed by atoms with Crippen LogP contribution in [0.3, 0.4) is 0 Å². The number of ether oxygens (including phenoxy) is 1. The van der Waals surface area contributed by atoms with Crippen molar-refractivity contribution < 1.29 is 18.3 Å². The van der Waals surface area contributed by atoms with Crippen molar-refractivity contribution in [3.05, 3.63) is 46.6 Å². The minimum Gasteiger partial charge on any atom is -0.479 e. The Morgan fingerprint density at radius 1 is 1.50 bits per heavy atom. The van der Waals surface area contributed by atoms with Gasteiger partial charge >= 0.3 is 0 Å². The van der Waals surface area contributed by atoms with Crippen molar-refractivity contribution in [3.8, 4) is 18.1 Å². The van der Waals surface area contributed by atoms with Gasteiger partial charge in [-0.1, -0.05) is 5.92 Å². The normalized spacial score (nSPS) is 9.85. The van der Waals surface area contributed by atoms with Gasteiger partial charge in [0.05, 0.1) is 16.4 Å². The van der Waals surface area contributed by atoms with Gasteiger partial charge in [-0.3, -0.25) is 4.79 Å². The van der Waals surface area contributed by atoms with Crippen molar-refractivity contribution in [1.29, 1.82) is 0 Å². The molecule has 20 heavy (non-hydrogen) atoms. The Morgan fingerprint density at radius 3 is 2.95 bits per heavy atom. The first-order valence-corrected chi connectivity index (χ1v) is 6.31. The molecule has 0 saturated heterocycles. The van der Waals surface area contributed by atoms with Crippen molar-refractivity contribution in [3.63, 3.8) is 0 Å². The summed E-state index contributed by atoms with van der Waals surface area (Å²) in [5.74, 6) is 1.62. The number of hydrogen-bond acceptors (Lipinski definition) is 3. The van der Waals surface area contributed by atoms with E-state index in [0.717, 1.165) is 6.07 Å². The van der Waals surface area contributed by atoms with Gasteiger partial charge < -0.3 is 14.5 Å². The zero-order valence-electron chi connectivity index (χ0n) is 10.2. The Kier molecular flexibility index (Phi) is 4.43. The van der Waals surface area contributed by atoms with Gasteiger partial charge in [0.15, 0.2) is 0 Å². The first-order chi connectivity index (χ1) is 9.61. The predicted molar refractivity (Wildman–Crippen MR) is 75.1 cm³/mol. The number of rotatable bonds is 4. The molecular weight excluding hydrogens is 329 g/mol. The van der Waals surface area contributed by atoms with E-state index in [1.807, 2.05) is 0 Å². The van der Waals surface area contributed by atoms with Crippen LogP contribution >= 0.6 is 15.9 Å². The molecule has 102 valence electrons. The quantitative estimate of drug-likeness (QED) is 0.869. The van der Waals surface area contributed by atoms with E-state index in [1.165, 1.54) is 18.4 Å². The van der Waals surface area contributed by atoms with Crippen LogP contribution in [0.4, 0.5) is 10.1 Å². The molecule has 6 heteroatoms. The highest BCUT2D eigenvalue weighted by Gasteiger charge is 2.16. The van der Waals surface area contributed by atoms with E-state index < -0.39 is 11.7 Å². The number of carbonyl (C=O) groups is 1. The first kappa shape index (κ1) is 14.2. The molecule has 2 aromatic rings. The fraction of sp³-hybridized carbons (Fsp3) is 0.0714. The van der Waals surface area contributed by atoms with Crippen LogP contribution < -0.4 is 10.1 Å². The van der Waals surface area contributed by atoms with Gasteiger partial charge in [-0.25, -0.2) is 4.39 Å². The molecule has 0 aliphatic rings. The van der Waals surface area contributed by atoms with E-state index in [4.69, 9.17) is 15.6 Å². The van der Waals surface area contributed by atoms with Gasteiger partial charge in [0, 0.05) is 6.07 Å². The lowest BCUT2D eigenvalue weighted by atomic mass is 10.2. The zero-order chi connectivity index (χ0) is 14.5. The van der Waals surface area contributed by atoms with Crippen molar-refractivity contribution in [2.75, 3.05) is 11.9 Å². The van der Waals surface area contributed by atoms with Crippen LogP contribution in [-0.2, 0) is 0 Å². The molecule has 0 unspecified atom stereocenters. The number of amides is 1. The van der Waals surface area contributed by atoms with Gasteiger partial charge in [0.1, 0.15) is 18.2 Å². The van der Waals surface area contributed by atoms with E-state index >= 15 is 0 Å². The van der Waals surface area contributed by atoms with E-state index in [9.17, 15) is 9.18 Å². The monoisotopic (exact) mass is 337 g/mol. The number of carbonyl (C=O) groups excluding carboxylic acids is 1. The lowest BCUT2D eigenvalue weighted by molar-refractivity contribution is 0.0995. The molecule has 1 heterocycles. The molecule has 1 aromatic heterocycles. The third-order valence-electron chi connectivity index (χ3n) is 2.32. The van der Waals surface area contributed by atoms with Gasteiger partial charge in [0.25, 0.3) is 5.91 Å². The second kappa shape index (κ2) is 6.26. The number of anilines is 1. The molecule has 0 aliphatic carbocycles. The Labute approximate surface area is 123 Å². The lowest BCUT2D eigenvalue weighted by Gasteiger charge is -2.10. The molecule has 1 amide bonds. The molecule has 1 N–H and O–H groups in total. The van der Waals surface area contributed by atoms with Crippen molar-refractivity contribution in [1.82, 2.24) is 0 Å². The Hall–Kier alpha value is -2.26. The summed E-state index contributed by atoms with van der Waals surface area (Å²) in [7, 11) is 0. The number of halogens is 2. The Morgan fingerprint density at radius 2 is 2.30 bits per heavy atom. The van der Waals surface area contributed by atoms with Gasteiger partial charge in [0.2, 0.25) is 5.76 Å². The molecule has 0 atom stereocenters. The summed E-state index contributed by atoms with van der Waals surface area (Å²) in [6, 6.07) is 5.32. The van der Waals surface area contributed by atoms with Crippen LogP contribution in [0.5, 0.6) is 5.75 Å². The predicted octanol–water partition coefficient (Wildman–Crippen LogP) is 3.45. The summed E-state index contributed by atoms with van der Waals surface area (Å²) in [6.45, 7) is 0.0128. The van der Waals surface area contributed by atoms with E-state index in [2.05, 4.69) is 27.2 Å². The largest absolute Gasteiger partial charge is 0.479 e. The smallest absolute Gasteiger partial charge is 0.292 e. The third-order valence-corrected chi connectivity index (χ3v) is 2.95. The number of furan rings is 1. The summed E-state index contributed by atoms with van der Waals surface area (Å²) in [5.41, 5.74) is 0.175. The van der Waals surface area contributed by atoms with E-state index in [0.29, 0.717) is 4.47 Å². The number of hydrogen-bond donors (Lipinski definition) is 1. The summed E-state index contributed by atoms with van der Waals surface area (Å²) in [6.07, 6.45) is 6.46. The zero-order valence-corrected chi connectivity index (χ0v) is 11.7. The van der Waals surface area contributed by atoms with Crippen LogP contribution in [0.1, 0.15) is 10.6 Å². The van der Waals surface area contributed by atoms with Crippen molar-refractivity contribution in [2.45, 2.75) is 0 Å². The van der Waals surface area contributed by atoms with Crippen LogP contribution in [0, 0.1) is 18.2 Å². The standard InChI is InChI=1S/C14H9BrFNO3/c1-2-6-19-12-4-3-9(16)8-11(12)17-14(18)13-10(15)5-7-20-13/h1,3-5,7-8H,6H2,(H,17,18). The fourth-order valence-corrected chi connectivity index (χ4v) is 1.86. The summed E-state index contributed by atoms with van der Waals surface area (Å²) in [5, 5.41) is 2.51. The molecule has 0 bridgehead atoms. The first-order valence-electron chi connectivity index (χ1n) is 5.52. The second-order valence-electron chi connectivity index (χ2n) is 3.69. The van der Waals surface area contributed by atoms with Crippen molar-refractivity contribution >= 4 is 27.5 Å². The molecule has 0 radical (unpaired) electrons. The fourth-order valence-electron chi connectivity index (χ4n) is 1.48. The molecule has 0 aliphatic heterocycles. The lowest BCUT2D eigenvalue weighted by Crippen LogP contribution is -2.13. The minimum atomic E-state index is -0.530. The average molecular weight is 338 g/mol. The molecule has 0 spiro atoms. The molecule has 2 rings (SSSR count). The second-order valence-corrected chi connectivity index (χ2v) is 4.54. The highest BCUT2D eigenvalue weighted by Crippen LogP contribution is 2.27. The third kappa shape index (κ3) is 3.19. The molecule has 0 fully saturated rings. The maximum Gasteiger partial charge on any atom is 0.292 e. The van der Waals surface area contributed by atoms with Gasteiger partial charge in [-0.05, 0) is 34.1 Å². The number of benzene rings is 1. The van der Waals surface area contributed by atoms with E-state index in [1.54, 1.807) is 6.07 Å². The van der Waals surface area contributed by atoms with Crippen molar-refractivity contribution in [2.24, 2.45) is 0 Å². The molecule has 4 nitrogen and oxygen atoms in total. The molecular formula is C14H9BrFNO3. The summed E-state index contributed by atoms with van der Waals surface area (Å²) < 4.78 is 24.0. The van der Waals surface area contributed by atoms with Crippen LogP contribution in [0.25, 0.3) is 0 Å².